The molecule has 1 fully saturated rings. The van der Waals surface area contributed by atoms with Gasteiger partial charge in [-0.15, -0.1) is 0 Å². The quantitative estimate of drug-likeness (QED) is 0.775. The molecule has 1 aromatic carbocycles. The number of ether oxygens (including phenoxy) is 2. The number of amides is 1. The van der Waals surface area contributed by atoms with Crippen molar-refractivity contribution in [3.05, 3.63) is 24.3 Å². The zero-order valence-corrected chi connectivity index (χ0v) is 13.6. The van der Waals surface area contributed by atoms with Crippen LogP contribution in [0.4, 0.5) is 5.69 Å². The Morgan fingerprint density at radius 2 is 2.13 bits per heavy atom. The van der Waals surface area contributed by atoms with Crippen molar-refractivity contribution in [2.45, 2.75) is 12.8 Å². The van der Waals surface area contributed by atoms with Crippen LogP contribution in [0.25, 0.3) is 0 Å². The van der Waals surface area contributed by atoms with Crippen LogP contribution in [-0.4, -0.2) is 45.5 Å². The summed E-state index contributed by atoms with van der Waals surface area (Å²) in [4.78, 5) is 23.4. The van der Waals surface area contributed by atoms with Crippen molar-refractivity contribution in [2.75, 3.05) is 30.5 Å². The lowest BCUT2D eigenvalue weighted by molar-refractivity contribution is -0.148. The molecule has 1 N–H and O–H groups in total. The first-order valence-corrected chi connectivity index (χ1v) is 9.00. The molecule has 1 amide bonds. The first-order chi connectivity index (χ1) is 10.9. The van der Waals surface area contributed by atoms with E-state index in [0.29, 0.717) is 17.9 Å². The minimum absolute atomic E-state index is 0.0120. The summed E-state index contributed by atoms with van der Waals surface area (Å²) in [5.74, 6) is -0.519. The first kappa shape index (κ1) is 17.3. The van der Waals surface area contributed by atoms with Crippen molar-refractivity contribution in [2.24, 2.45) is 5.92 Å². The standard InChI is InChI=1S/C15H19NO6S/c1-21-13-4-2-3-12(8-13)16-14(17)9-22-15(18)7-11-5-6-23(19,20)10-11/h2-4,8,11H,5-7,9-10H2,1H3,(H,16,17)/t11-/m0/s1. The number of esters is 1. The van der Waals surface area contributed by atoms with E-state index in [-0.39, 0.29) is 23.8 Å². The lowest BCUT2D eigenvalue weighted by atomic mass is 10.1. The average molecular weight is 341 g/mol. The number of sulfone groups is 1. The van der Waals surface area contributed by atoms with E-state index in [9.17, 15) is 18.0 Å². The molecule has 2 rings (SSSR count). The number of methoxy groups -OCH3 is 1. The number of nitrogens with one attached hydrogen (secondary N) is 1. The minimum atomic E-state index is -3.02. The van der Waals surface area contributed by atoms with Crippen LogP contribution in [-0.2, 0) is 24.2 Å². The highest BCUT2D eigenvalue weighted by Gasteiger charge is 2.29. The van der Waals surface area contributed by atoms with Crippen LogP contribution in [0.1, 0.15) is 12.8 Å². The topological polar surface area (TPSA) is 98.8 Å². The van der Waals surface area contributed by atoms with Crippen molar-refractivity contribution in [1.29, 1.82) is 0 Å². The molecule has 0 bridgehead atoms. The van der Waals surface area contributed by atoms with Crippen molar-refractivity contribution in [1.82, 2.24) is 0 Å². The van der Waals surface area contributed by atoms with Gasteiger partial charge in [-0.2, -0.15) is 0 Å². The molecule has 23 heavy (non-hydrogen) atoms. The highest BCUT2D eigenvalue weighted by Crippen LogP contribution is 2.22. The second-order valence-corrected chi connectivity index (χ2v) is 7.64. The van der Waals surface area contributed by atoms with Gasteiger partial charge in [0.25, 0.3) is 5.91 Å². The van der Waals surface area contributed by atoms with Gasteiger partial charge >= 0.3 is 5.97 Å². The van der Waals surface area contributed by atoms with E-state index < -0.39 is 28.3 Å². The SMILES string of the molecule is COc1cccc(NC(=O)COC(=O)C[C@@H]2CCS(=O)(=O)C2)c1. The lowest BCUT2D eigenvalue weighted by Gasteiger charge is -2.09. The summed E-state index contributed by atoms with van der Waals surface area (Å²) in [5, 5.41) is 2.59. The summed E-state index contributed by atoms with van der Waals surface area (Å²) in [6, 6.07) is 6.79. The predicted molar refractivity (Wildman–Crippen MR) is 84.0 cm³/mol. The van der Waals surface area contributed by atoms with Crippen molar-refractivity contribution < 1.29 is 27.5 Å². The van der Waals surface area contributed by atoms with Crippen LogP contribution < -0.4 is 10.1 Å². The van der Waals surface area contributed by atoms with Gasteiger partial charge in [-0.1, -0.05) is 6.07 Å². The van der Waals surface area contributed by atoms with E-state index >= 15 is 0 Å². The number of hydrogen-bond acceptors (Lipinski definition) is 6. The van der Waals surface area contributed by atoms with Crippen molar-refractivity contribution in [3.63, 3.8) is 0 Å². The van der Waals surface area contributed by atoms with Crippen LogP contribution >= 0.6 is 0 Å². The van der Waals surface area contributed by atoms with Gasteiger partial charge in [0.2, 0.25) is 0 Å². The van der Waals surface area contributed by atoms with Crippen LogP contribution in [0.5, 0.6) is 5.75 Å². The van der Waals surface area contributed by atoms with Crippen LogP contribution in [0.2, 0.25) is 0 Å². The predicted octanol–water partition coefficient (Wildman–Crippen LogP) is 1.00. The molecule has 0 aliphatic carbocycles. The van der Waals surface area contributed by atoms with Gasteiger partial charge in [0.15, 0.2) is 16.4 Å². The fourth-order valence-corrected chi connectivity index (χ4v) is 4.23. The molecule has 1 aliphatic rings. The summed E-state index contributed by atoms with van der Waals surface area (Å²) < 4.78 is 32.6. The Hall–Kier alpha value is -2.09. The summed E-state index contributed by atoms with van der Waals surface area (Å²) in [6.45, 7) is -0.407. The van der Waals surface area contributed by atoms with E-state index in [1.807, 2.05) is 0 Å². The highest BCUT2D eigenvalue weighted by atomic mass is 32.2. The Labute approximate surface area is 134 Å². The zero-order valence-electron chi connectivity index (χ0n) is 12.8. The van der Waals surface area contributed by atoms with Gasteiger partial charge in [0, 0.05) is 18.2 Å². The Balaban J connectivity index is 1.74. The van der Waals surface area contributed by atoms with E-state index in [4.69, 9.17) is 9.47 Å². The van der Waals surface area contributed by atoms with Gasteiger partial charge in [0.05, 0.1) is 18.6 Å². The number of hydrogen-bond donors (Lipinski definition) is 1. The molecule has 126 valence electrons. The molecule has 0 spiro atoms. The van der Waals surface area contributed by atoms with Crippen LogP contribution in [0, 0.1) is 5.92 Å². The van der Waals surface area contributed by atoms with E-state index in [1.54, 1.807) is 24.3 Å². The molecule has 1 aliphatic heterocycles. The minimum Gasteiger partial charge on any atom is -0.497 e. The average Bonchev–Trinajstić information content (AvgIpc) is 2.84. The Morgan fingerprint density at radius 1 is 1.35 bits per heavy atom. The lowest BCUT2D eigenvalue weighted by Crippen LogP contribution is -2.22. The first-order valence-electron chi connectivity index (χ1n) is 7.18. The molecular formula is C15H19NO6S. The molecule has 0 saturated carbocycles. The highest BCUT2D eigenvalue weighted by molar-refractivity contribution is 7.91. The second kappa shape index (κ2) is 7.45. The van der Waals surface area contributed by atoms with E-state index in [1.165, 1.54) is 7.11 Å². The fraction of sp³-hybridized carbons (Fsp3) is 0.467. The normalized spacial score (nSPS) is 19.1. The van der Waals surface area contributed by atoms with Gasteiger partial charge < -0.3 is 14.8 Å². The largest absolute Gasteiger partial charge is 0.497 e. The number of benzene rings is 1. The molecule has 1 heterocycles. The molecule has 0 radical (unpaired) electrons. The Bertz CT molecular complexity index is 685. The molecule has 1 saturated heterocycles. The molecule has 1 atom stereocenters. The van der Waals surface area contributed by atoms with E-state index in [0.717, 1.165) is 0 Å². The molecule has 0 aromatic heterocycles. The number of carbonyl (C=O) groups excluding carboxylic acids is 2. The number of rotatable bonds is 6. The van der Waals surface area contributed by atoms with Gasteiger partial charge in [-0.3, -0.25) is 9.59 Å². The van der Waals surface area contributed by atoms with Crippen LogP contribution in [0.3, 0.4) is 0 Å². The molecule has 8 heteroatoms. The smallest absolute Gasteiger partial charge is 0.306 e. The molecule has 0 unspecified atom stereocenters. The maximum Gasteiger partial charge on any atom is 0.306 e. The third-order valence-electron chi connectivity index (χ3n) is 3.50. The van der Waals surface area contributed by atoms with Crippen molar-refractivity contribution in [3.8, 4) is 5.75 Å². The molecular weight excluding hydrogens is 322 g/mol. The Morgan fingerprint density at radius 3 is 2.78 bits per heavy atom. The van der Waals surface area contributed by atoms with Crippen molar-refractivity contribution >= 4 is 27.4 Å². The van der Waals surface area contributed by atoms with Gasteiger partial charge in [-0.05, 0) is 24.5 Å². The maximum atomic E-state index is 11.7. The maximum absolute atomic E-state index is 11.7. The molecule has 7 nitrogen and oxygen atoms in total. The van der Waals surface area contributed by atoms with Crippen LogP contribution in [0.15, 0.2) is 24.3 Å². The zero-order chi connectivity index (χ0) is 16.9. The Kier molecular flexibility index (Phi) is 5.59. The molecule has 1 aromatic rings. The summed E-state index contributed by atoms with van der Waals surface area (Å²) >= 11 is 0. The fourth-order valence-electron chi connectivity index (χ4n) is 2.37. The summed E-state index contributed by atoms with van der Waals surface area (Å²) in [5.41, 5.74) is 0.535. The number of anilines is 1. The second-order valence-electron chi connectivity index (χ2n) is 5.41. The van der Waals surface area contributed by atoms with Gasteiger partial charge in [0.1, 0.15) is 5.75 Å². The van der Waals surface area contributed by atoms with Gasteiger partial charge in [-0.25, -0.2) is 8.42 Å². The third-order valence-corrected chi connectivity index (χ3v) is 5.34. The monoisotopic (exact) mass is 341 g/mol. The summed E-state index contributed by atoms with van der Waals surface area (Å²) in [7, 11) is -1.50. The number of carbonyl (C=O) groups is 2. The van der Waals surface area contributed by atoms with E-state index in [2.05, 4.69) is 5.32 Å². The third kappa shape index (κ3) is 5.55. The summed E-state index contributed by atoms with van der Waals surface area (Å²) in [6.07, 6.45) is 0.485.